The predicted molar refractivity (Wildman–Crippen MR) is 38.2 cm³/mol. The molecule has 0 aromatic carbocycles. The van der Waals surface area contributed by atoms with Crippen molar-refractivity contribution in [1.29, 1.82) is 0 Å². The van der Waals surface area contributed by atoms with Crippen LogP contribution in [0.4, 0.5) is 0 Å². The molecular weight excluding hydrogens is 206 g/mol. The Bertz CT molecular complexity index is 161. The average molecular weight is 212 g/mol. The molecule has 0 aliphatic carbocycles. The van der Waals surface area contributed by atoms with E-state index in [1.807, 2.05) is 0 Å². The minimum absolute atomic E-state index is 0.0600. The molecule has 1 saturated heterocycles. The molecule has 1 fully saturated rings. The molecule has 2 atom stereocenters. The molecule has 1 aliphatic heterocycles. The van der Waals surface area contributed by atoms with Gasteiger partial charge in [-0.25, -0.2) is 4.21 Å². The zero-order chi connectivity index (χ0) is 6.85. The van der Waals surface area contributed by atoms with Gasteiger partial charge in [0.05, 0.1) is 0 Å². The fraction of sp³-hybridized carbons (Fsp3) is 0.750. The first kappa shape index (κ1) is 7.21. The zero-order valence-electron chi connectivity index (χ0n) is 4.59. The number of carbonyl (C=O) groups excluding carboxylic acids is 1. The summed E-state index contributed by atoms with van der Waals surface area (Å²) in [6, 6.07) is 0. The molecule has 9 heavy (non-hydrogen) atoms. The Hall–Kier alpha value is 0.1000. The van der Waals surface area contributed by atoms with E-state index < -0.39 is 11.0 Å². The monoisotopic (exact) mass is 211 g/mol. The summed E-state index contributed by atoms with van der Waals surface area (Å²) in [6.45, 7) is 0. The Labute approximate surface area is 63.9 Å². The van der Waals surface area contributed by atoms with Crippen molar-refractivity contribution < 1.29 is 9.00 Å². The van der Waals surface area contributed by atoms with E-state index in [0.29, 0.717) is 12.8 Å². The molecule has 0 spiro atoms. The van der Waals surface area contributed by atoms with Gasteiger partial charge in [-0.15, -0.1) is 0 Å². The Balaban J connectivity index is 2.54. The van der Waals surface area contributed by atoms with Crippen LogP contribution in [-0.4, -0.2) is 14.3 Å². The summed E-state index contributed by atoms with van der Waals surface area (Å²) in [5.41, 5.74) is 0. The number of carbonyl (C=O) groups is 1. The van der Waals surface area contributed by atoms with Gasteiger partial charge in [-0.05, 0) is 6.42 Å². The van der Waals surface area contributed by atoms with Gasteiger partial charge < -0.3 is 0 Å². The van der Waals surface area contributed by atoms with Gasteiger partial charge in [0, 0.05) is 6.42 Å². The number of halogens is 1. The van der Waals surface area contributed by atoms with Crippen LogP contribution in [0.5, 0.6) is 0 Å². The van der Waals surface area contributed by atoms with Crippen LogP contribution in [-0.2, 0) is 15.8 Å². The molecule has 1 amide bonds. The van der Waals surface area contributed by atoms with Crippen molar-refractivity contribution in [3.05, 3.63) is 0 Å². The number of hydrogen-bond acceptors (Lipinski definition) is 2. The van der Waals surface area contributed by atoms with Crippen LogP contribution in [0.1, 0.15) is 12.8 Å². The maximum absolute atomic E-state index is 10.7. The summed E-state index contributed by atoms with van der Waals surface area (Å²) in [5.74, 6) is -0.121. The van der Waals surface area contributed by atoms with Crippen LogP contribution in [0.2, 0.25) is 0 Å². The molecule has 3 nitrogen and oxygen atoms in total. The molecule has 1 rings (SSSR count). The molecule has 0 radical (unpaired) electrons. The third-order valence-corrected chi connectivity index (χ3v) is 3.65. The predicted octanol–water partition coefficient (Wildman–Crippen LogP) is 0.281. The van der Waals surface area contributed by atoms with Crippen LogP contribution < -0.4 is 4.72 Å². The van der Waals surface area contributed by atoms with Crippen LogP contribution in [0.25, 0.3) is 0 Å². The highest BCUT2D eigenvalue weighted by Gasteiger charge is 2.21. The van der Waals surface area contributed by atoms with Crippen molar-refractivity contribution in [2.75, 3.05) is 0 Å². The van der Waals surface area contributed by atoms with Crippen molar-refractivity contribution >= 4 is 32.8 Å². The second-order valence-electron chi connectivity index (χ2n) is 1.77. The quantitative estimate of drug-likeness (QED) is 0.586. The lowest BCUT2D eigenvalue weighted by Gasteiger charge is -2.15. The lowest BCUT2D eigenvalue weighted by molar-refractivity contribution is -0.119. The van der Waals surface area contributed by atoms with Gasteiger partial charge in [0.25, 0.3) is 0 Å². The summed E-state index contributed by atoms with van der Waals surface area (Å²) in [5, 5.41) is 0. The highest BCUT2D eigenvalue weighted by atomic mass is 79.9. The fourth-order valence-corrected chi connectivity index (χ4v) is 1.87. The third-order valence-electron chi connectivity index (χ3n) is 1.05. The first-order valence-corrected chi connectivity index (χ1v) is 4.67. The molecule has 0 saturated carbocycles. The average Bonchev–Trinajstić information content (AvgIpc) is 1.80. The van der Waals surface area contributed by atoms with Gasteiger partial charge >= 0.3 is 0 Å². The van der Waals surface area contributed by atoms with E-state index in [2.05, 4.69) is 20.7 Å². The Kier molecular flexibility index (Phi) is 2.23. The van der Waals surface area contributed by atoms with Gasteiger partial charge in [0.15, 0.2) is 0 Å². The molecule has 0 bridgehead atoms. The van der Waals surface area contributed by atoms with Crippen molar-refractivity contribution in [3.63, 3.8) is 0 Å². The summed E-state index contributed by atoms with van der Waals surface area (Å²) < 4.78 is 13.0. The molecule has 5 heteroatoms. The van der Waals surface area contributed by atoms with E-state index in [0.717, 1.165) is 0 Å². The molecule has 0 aromatic heterocycles. The molecule has 0 aromatic rings. The Morgan fingerprint density at radius 3 is 2.89 bits per heavy atom. The van der Waals surface area contributed by atoms with E-state index in [1.54, 1.807) is 0 Å². The van der Waals surface area contributed by atoms with E-state index in [9.17, 15) is 9.00 Å². The minimum atomic E-state index is -1.20. The number of nitrogens with one attached hydrogen (secondary N) is 1. The topological polar surface area (TPSA) is 46.2 Å². The van der Waals surface area contributed by atoms with Crippen molar-refractivity contribution in [3.8, 4) is 0 Å². The first-order chi connectivity index (χ1) is 4.20. The molecule has 1 heterocycles. The number of amides is 1. The summed E-state index contributed by atoms with van der Waals surface area (Å²) in [6.07, 6.45) is 1.14. The third kappa shape index (κ3) is 1.76. The Morgan fingerprint density at radius 1 is 1.78 bits per heavy atom. The molecule has 1 N–H and O–H groups in total. The van der Waals surface area contributed by atoms with Crippen LogP contribution in [0.15, 0.2) is 0 Å². The number of hydrogen-bond donors (Lipinski definition) is 1. The maximum atomic E-state index is 10.7. The van der Waals surface area contributed by atoms with Crippen molar-refractivity contribution in [2.24, 2.45) is 0 Å². The van der Waals surface area contributed by atoms with Gasteiger partial charge in [-0.2, -0.15) is 0 Å². The lowest BCUT2D eigenvalue weighted by Crippen LogP contribution is -2.35. The largest absolute Gasteiger partial charge is 0.274 e. The summed E-state index contributed by atoms with van der Waals surface area (Å²) >= 11 is 3.17. The van der Waals surface area contributed by atoms with Gasteiger partial charge in [0.2, 0.25) is 5.91 Å². The SMILES string of the molecule is O=C1CCC(Br)S(=O)N1. The molecule has 2 unspecified atom stereocenters. The van der Waals surface area contributed by atoms with Crippen molar-refractivity contribution in [2.45, 2.75) is 17.0 Å². The summed E-state index contributed by atoms with van der Waals surface area (Å²) in [4.78, 5) is 10.5. The Morgan fingerprint density at radius 2 is 2.44 bits per heavy atom. The maximum Gasteiger partial charge on any atom is 0.231 e. The highest BCUT2D eigenvalue weighted by molar-refractivity contribution is 9.11. The summed E-state index contributed by atoms with van der Waals surface area (Å²) in [7, 11) is -1.20. The van der Waals surface area contributed by atoms with E-state index in [4.69, 9.17) is 0 Å². The van der Waals surface area contributed by atoms with Crippen LogP contribution in [0.3, 0.4) is 0 Å². The van der Waals surface area contributed by atoms with E-state index in [-0.39, 0.29) is 10.1 Å². The lowest BCUT2D eigenvalue weighted by atomic mass is 10.3. The molecule has 1 aliphatic rings. The van der Waals surface area contributed by atoms with Crippen LogP contribution >= 0.6 is 15.9 Å². The second kappa shape index (κ2) is 2.79. The molecular formula is C4H6BrNO2S. The highest BCUT2D eigenvalue weighted by Crippen LogP contribution is 2.15. The van der Waals surface area contributed by atoms with Gasteiger partial charge in [-0.1, -0.05) is 15.9 Å². The standard InChI is InChI=1S/C4H6BrNO2S/c5-3-1-2-4(7)6-9(3)8/h3H,1-2H2,(H,6,7). The minimum Gasteiger partial charge on any atom is -0.274 e. The first-order valence-electron chi connectivity index (χ1n) is 2.54. The van der Waals surface area contributed by atoms with Gasteiger partial charge in [-0.3, -0.25) is 9.52 Å². The van der Waals surface area contributed by atoms with E-state index in [1.165, 1.54) is 0 Å². The van der Waals surface area contributed by atoms with Crippen molar-refractivity contribution in [1.82, 2.24) is 4.72 Å². The fourth-order valence-electron chi connectivity index (χ4n) is 0.579. The second-order valence-corrected chi connectivity index (χ2v) is 4.85. The normalized spacial score (nSPS) is 35.9. The van der Waals surface area contributed by atoms with Crippen LogP contribution in [0, 0.1) is 0 Å². The molecule has 52 valence electrons. The zero-order valence-corrected chi connectivity index (χ0v) is 7.00. The smallest absolute Gasteiger partial charge is 0.231 e. The van der Waals surface area contributed by atoms with E-state index >= 15 is 0 Å². The number of alkyl halides is 1. The van der Waals surface area contributed by atoms with Gasteiger partial charge in [0.1, 0.15) is 15.1 Å². The number of rotatable bonds is 0.